The van der Waals surface area contributed by atoms with Crippen molar-refractivity contribution < 1.29 is 4.74 Å². The number of benzene rings is 1. The summed E-state index contributed by atoms with van der Waals surface area (Å²) in [5.41, 5.74) is 2.64. The molecule has 1 aliphatic heterocycles. The first kappa shape index (κ1) is 11.8. The highest BCUT2D eigenvalue weighted by Crippen LogP contribution is 2.35. The lowest BCUT2D eigenvalue weighted by Gasteiger charge is -2.32. The fraction of sp³-hybridized carbons (Fsp3) is 0.333. The van der Waals surface area contributed by atoms with Crippen molar-refractivity contribution in [1.82, 2.24) is 5.32 Å². The number of hydrogen-bond donors (Lipinski definition) is 1. The molecule has 3 heteroatoms. The summed E-state index contributed by atoms with van der Waals surface area (Å²) in [5.74, 6) is 1.52. The zero-order valence-corrected chi connectivity index (χ0v) is 11.2. The third kappa shape index (κ3) is 2.28. The molecule has 0 saturated carbocycles. The minimum atomic E-state index is 0.384. The molecule has 1 aromatic carbocycles. The van der Waals surface area contributed by atoms with E-state index in [9.17, 15) is 0 Å². The lowest BCUT2D eigenvalue weighted by molar-refractivity contribution is 0.188. The molecule has 18 heavy (non-hydrogen) atoms. The Morgan fingerprint density at radius 3 is 3.06 bits per heavy atom. The molecule has 1 aromatic heterocycles. The molecular formula is C15H17NOS. The molecule has 94 valence electrons. The Morgan fingerprint density at radius 1 is 1.33 bits per heavy atom. The van der Waals surface area contributed by atoms with E-state index in [2.05, 4.69) is 47.3 Å². The normalized spacial score (nSPS) is 22.3. The van der Waals surface area contributed by atoms with Gasteiger partial charge in [0.15, 0.2) is 0 Å². The highest BCUT2D eigenvalue weighted by Gasteiger charge is 2.26. The summed E-state index contributed by atoms with van der Waals surface area (Å²) in [6.45, 7) is 3.95. The molecule has 0 aliphatic carbocycles. The van der Waals surface area contributed by atoms with Gasteiger partial charge >= 0.3 is 0 Å². The predicted molar refractivity (Wildman–Crippen MR) is 75.0 cm³/mol. The van der Waals surface area contributed by atoms with Crippen LogP contribution in [0.15, 0.2) is 41.1 Å². The van der Waals surface area contributed by atoms with E-state index >= 15 is 0 Å². The van der Waals surface area contributed by atoms with E-state index in [1.165, 1.54) is 11.1 Å². The molecule has 0 fully saturated rings. The minimum Gasteiger partial charge on any atom is -0.493 e. The van der Waals surface area contributed by atoms with E-state index in [0.717, 1.165) is 18.9 Å². The first-order chi connectivity index (χ1) is 8.84. The average molecular weight is 259 g/mol. The molecule has 2 nitrogen and oxygen atoms in total. The zero-order valence-electron chi connectivity index (χ0n) is 10.4. The smallest absolute Gasteiger partial charge is 0.124 e. The van der Waals surface area contributed by atoms with Crippen LogP contribution < -0.4 is 10.1 Å². The van der Waals surface area contributed by atoms with E-state index in [1.54, 1.807) is 11.3 Å². The van der Waals surface area contributed by atoms with Gasteiger partial charge < -0.3 is 10.1 Å². The van der Waals surface area contributed by atoms with Crippen LogP contribution in [0.4, 0.5) is 0 Å². The van der Waals surface area contributed by atoms with Crippen molar-refractivity contribution in [2.75, 3.05) is 6.61 Å². The molecule has 2 unspecified atom stereocenters. The van der Waals surface area contributed by atoms with Crippen LogP contribution in [0, 0.1) is 5.92 Å². The molecule has 1 aliphatic rings. The van der Waals surface area contributed by atoms with Crippen molar-refractivity contribution in [1.29, 1.82) is 0 Å². The molecule has 2 heterocycles. The number of thiophene rings is 1. The summed E-state index contributed by atoms with van der Waals surface area (Å²) >= 11 is 1.75. The molecule has 0 spiro atoms. The van der Waals surface area contributed by atoms with E-state index in [0.29, 0.717) is 12.0 Å². The second kappa shape index (κ2) is 5.12. The topological polar surface area (TPSA) is 21.3 Å². The largest absolute Gasteiger partial charge is 0.493 e. The van der Waals surface area contributed by atoms with Gasteiger partial charge in [-0.15, -0.1) is 0 Å². The average Bonchev–Trinajstić information content (AvgIpc) is 2.91. The van der Waals surface area contributed by atoms with Gasteiger partial charge in [0.25, 0.3) is 0 Å². The van der Waals surface area contributed by atoms with Crippen LogP contribution >= 0.6 is 11.3 Å². The summed E-state index contributed by atoms with van der Waals surface area (Å²) in [7, 11) is 0. The van der Waals surface area contributed by atoms with Crippen molar-refractivity contribution in [3.63, 3.8) is 0 Å². The van der Waals surface area contributed by atoms with E-state index in [4.69, 9.17) is 4.74 Å². The first-order valence-electron chi connectivity index (χ1n) is 6.31. The monoisotopic (exact) mass is 259 g/mol. The van der Waals surface area contributed by atoms with Crippen molar-refractivity contribution in [3.8, 4) is 5.75 Å². The first-order valence-corrected chi connectivity index (χ1v) is 7.25. The van der Waals surface area contributed by atoms with Gasteiger partial charge in [0.1, 0.15) is 5.75 Å². The van der Waals surface area contributed by atoms with E-state index in [-0.39, 0.29) is 0 Å². The van der Waals surface area contributed by atoms with Crippen LogP contribution in [-0.2, 0) is 6.54 Å². The van der Waals surface area contributed by atoms with Crippen molar-refractivity contribution >= 4 is 11.3 Å². The quantitative estimate of drug-likeness (QED) is 0.909. The van der Waals surface area contributed by atoms with Crippen molar-refractivity contribution in [2.45, 2.75) is 19.5 Å². The van der Waals surface area contributed by atoms with E-state index in [1.807, 2.05) is 6.07 Å². The van der Waals surface area contributed by atoms with Gasteiger partial charge in [-0.3, -0.25) is 0 Å². The summed E-state index contributed by atoms with van der Waals surface area (Å²) in [6.07, 6.45) is 0. The maximum absolute atomic E-state index is 5.77. The molecule has 0 radical (unpaired) electrons. The Balaban J connectivity index is 1.78. The molecule has 0 saturated heterocycles. The summed E-state index contributed by atoms with van der Waals surface area (Å²) in [6, 6.07) is 10.9. The van der Waals surface area contributed by atoms with Gasteiger partial charge in [-0.2, -0.15) is 11.3 Å². The Kier molecular flexibility index (Phi) is 3.35. The van der Waals surface area contributed by atoms with Gasteiger partial charge in [-0.25, -0.2) is 0 Å². The van der Waals surface area contributed by atoms with Gasteiger partial charge in [-0.1, -0.05) is 25.1 Å². The zero-order chi connectivity index (χ0) is 12.4. The van der Waals surface area contributed by atoms with Crippen molar-refractivity contribution in [3.05, 3.63) is 52.2 Å². The number of nitrogens with one attached hydrogen (secondary N) is 1. The lowest BCUT2D eigenvalue weighted by Crippen LogP contribution is -2.33. The predicted octanol–water partition coefficient (Wildman–Crippen LogP) is 3.61. The fourth-order valence-electron chi connectivity index (χ4n) is 2.43. The van der Waals surface area contributed by atoms with Gasteiger partial charge in [0.05, 0.1) is 6.61 Å². The standard InChI is InChI=1S/C15H17NOS/c1-11-9-17-14-5-3-2-4-13(14)15(11)16-8-12-6-7-18-10-12/h2-7,10-11,15-16H,8-9H2,1H3. The third-order valence-corrected chi connectivity index (χ3v) is 4.16. The third-order valence-electron chi connectivity index (χ3n) is 3.43. The highest BCUT2D eigenvalue weighted by molar-refractivity contribution is 7.07. The number of ether oxygens (including phenoxy) is 1. The molecule has 2 atom stereocenters. The summed E-state index contributed by atoms with van der Waals surface area (Å²) in [4.78, 5) is 0. The number of hydrogen-bond acceptors (Lipinski definition) is 3. The van der Waals surface area contributed by atoms with Crippen LogP contribution in [0.5, 0.6) is 5.75 Å². The van der Waals surface area contributed by atoms with Crippen LogP contribution in [0.25, 0.3) is 0 Å². The second-order valence-electron chi connectivity index (χ2n) is 4.82. The Morgan fingerprint density at radius 2 is 2.22 bits per heavy atom. The Labute approximate surface area is 112 Å². The molecule has 2 aromatic rings. The molecular weight excluding hydrogens is 242 g/mol. The van der Waals surface area contributed by atoms with Gasteiger partial charge in [-0.05, 0) is 28.5 Å². The van der Waals surface area contributed by atoms with Gasteiger partial charge in [0, 0.05) is 24.1 Å². The van der Waals surface area contributed by atoms with Crippen LogP contribution in [0.3, 0.4) is 0 Å². The number of rotatable bonds is 3. The van der Waals surface area contributed by atoms with E-state index < -0.39 is 0 Å². The molecule has 0 amide bonds. The highest BCUT2D eigenvalue weighted by atomic mass is 32.1. The summed E-state index contributed by atoms with van der Waals surface area (Å²) < 4.78 is 5.77. The maximum Gasteiger partial charge on any atom is 0.124 e. The second-order valence-corrected chi connectivity index (χ2v) is 5.60. The Hall–Kier alpha value is -1.32. The Bertz CT molecular complexity index is 509. The SMILES string of the molecule is CC1COc2ccccc2C1NCc1ccsc1. The fourth-order valence-corrected chi connectivity index (χ4v) is 3.09. The lowest BCUT2D eigenvalue weighted by atomic mass is 9.92. The van der Waals surface area contributed by atoms with Crippen LogP contribution in [0.1, 0.15) is 24.1 Å². The van der Waals surface area contributed by atoms with Crippen LogP contribution in [0.2, 0.25) is 0 Å². The summed E-state index contributed by atoms with van der Waals surface area (Å²) in [5, 5.41) is 7.98. The van der Waals surface area contributed by atoms with Crippen molar-refractivity contribution in [2.24, 2.45) is 5.92 Å². The number of fused-ring (bicyclic) bond motifs is 1. The minimum absolute atomic E-state index is 0.384. The molecule has 0 bridgehead atoms. The maximum atomic E-state index is 5.77. The molecule has 1 N–H and O–H groups in total. The van der Waals surface area contributed by atoms with Crippen LogP contribution in [-0.4, -0.2) is 6.61 Å². The number of para-hydroxylation sites is 1. The van der Waals surface area contributed by atoms with Gasteiger partial charge in [0.2, 0.25) is 0 Å². The molecule has 3 rings (SSSR count).